The minimum absolute atomic E-state index is 0.0225. The fourth-order valence-electron chi connectivity index (χ4n) is 2.80. The molecule has 1 atom stereocenters. The number of likely N-dealkylation sites (tertiary alicyclic amines) is 1. The van der Waals surface area contributed by atoms with Crippen LogP contribution in [0, 0.1) is 11.3 Å². The maximum Gasteiger partial charge on any atom is 0.00975 e. The van der Waals surface area contributed by atoms with Crippen LogP contribution in [0.4, 0.5) is 0 Å². The van der Waals surface area contributed by atoms with Crippen molar-refractivity contribution < 1.29 is 0 Å². The van der Waals surface area contributed by atoms with Crippen molar-refractivity contribution in [3.63, 3.8) is 0 Å². The molecule has 0 radical (unpaired) electrons. The highest BCUT2D eigenvalue weighted by Crippen LogP contribution is 2.33. The molecule has 1 heterocycles. The first-order valence-electron chi connectivity index (χ1n) is 7.39. The fraction of sp³-hybridized carbons (Fsp3) is 1.00. The van der Waals surface area contributed by atoms with Crippen molar-refractivity contribution in [3.8, 4) is 0 Å². The number of hydrogen-bond acceptors (Lipinski definition) is 3. The molecule has 0 aromatic rings. The number of nitrogens with zero attached hydrogens (tertiary/aromatic N) is 1. The van der Waals surface area contributed by atoms with E-state index in [4.69, 9.17) is 5.73 Å². The first kappa shape index (κ1) is 15.9. The third kappa shape index (κ3) is 5.68. The maximum absolute atomic E-state index is 5.99. The van der Waals surface area contributed by atoms with Crippen molar-refractivity contribution in [2.45, 2.75) is 52.5 Å². The lowest BCUT2D eigenvalue weighted by Gasteiger charge is -2.32. The van der Waals surface area contributed by atoms with Gasteiger partial charge < -0.3 is 16.0 Å². The van der Waals surface area contributed by atoms with Gasteiger partial charge in [0.15, 0.2) is 0 Å². The molecule has 108 valence electrons. The lowest BCUT2D eigenvalue weighted by atomic mass is 9.78. The summed E-state index contributed by atoms with van der Waals surface area (Å²) in [7, 11) is 2.23. The molecule has 0 aromatic carbocycles. The highest BCUT2D eigenvalue weighted by atomic mass is 15.1. The van der Waals surface area contributed by atoms with Crippen molar-refractivity contribution in [2.24, 2.45) is 17.1 Å². The first-order chi connectivity index (χ1) is 8.21. The quantitative estimate of drug-likeness (QED) is 0.684. The predicted molar refractivity (Wildman–Crippen MR) is 79.8 cm³/mol. The molecule has 1 rings (SSSR count). The molecule has 3 heteroatoms. The van der Waals surface area contributed by atoms with Crippen molar-refractivity contribution in [3.05, 3.63) is 0 Å². The molecular formula is C15H33N3. The van der Waals surface area contributed by atoms with Gasteiger partial charge in [0.1, 0.15) is 0 Å². The summed E-state index contributed by atoms with van der Waals surface area (Å²) in [6, 6.07) is 0. The molecule has 1 aliphatic heterocycles. The monoisotopic (exact) mass is 255 g/mol. The number of nitrogens with two attached hydrogens (primary N) is 1. The number of hydrogen-bond donors (Lipinski definition) is 2. The Labute approximate surface area is 113 Å². The predicted octanol–water partition coefficient (Wildman–Crippen LogP) is 2.07. The van der Waals surface area contributed by atoms with E-state index in [1.807, 2.05) is 0 Å². The van der Waals surface area contributed by atoms with E-state index in [-0.39, 0.29) is 5.54 Å². The molecule has 0 bridgehead atoms. The Kier molecular flexibility index (Phi) is 5.63. The normalized spacial score (nSPS) is 22.7. The first-order valence-corrected chi connectivity index (χ1v) is 7.39. The van der Waals surface area contributed by atoms with E-state index in [2.05, 4.69) is 45.0 Å². The standard InChI is InChI=1S/C15H33N3/c1-14(2,13-7-10-18(5)11-13)12-17-9-6-8-15(3,4)16/h13,17H,6-12,16H2,1-5H3. The van der Waals surface area contributed by atoms with E-state index in [9.17, 15) is 0 Å². The van der Waals surface area contributed by atoms with E-state index in [0.29, 0.717) is 5.41 Å². The smallest absolute Gasteiger partial charge is 0.00975 e. The maximum atomic E-state index is 5.99. The van der Waals surface area contributed by atoms with E-state index >= 15 is 0 Å². The zero-order chi connectivity index (χ0) is 13.8. The zero-order valence-electron chi connectivity index (χ0n) is 13.1. The van der Waals surface area contributed by atoms with Gasteiger partial charge >= 0.3 is 0 Å². The van der Waals surface area contributed by atoms with Gasteiger partial charge in [0, 0.05) is 18.6 Å². The Hall–Kier alpha value is -0.120. The second-order valence-corrected chi connectivity index (χ2v) is 7.51. The van der Waals surface area contributed by atoms with Crippen molar-refractivity contribution >= 4 is 0 Å². The molecule has 0 amide bonds. The fourth-order valence-corrected chi connectivity index (χ4v) is 2.80. The summed E-state index contributed by atoms with van der Waals surface area (Å²) in [5.41, 5.74) is 6.37. The molecule has 0 spiro atoms. The Morgan fingerprint density at radius 1 is 1.28 bits per heavy atom. The Bertz CT molecular complexity index is 243. The van der Waals surface area contributed by atoms with Crippen LogP contribution in [-0.4, -0.2) is 43.7 Å². The largest absolute Gasteiger partial charge is 0.326 e. The Balaban J connectivity index is 2.17. The van der Waals surface area contributed by atoms with Gasteiger partial charge in [-0.15, -0.1) is 0 Å². The van der Waals surface area contributed by atoms with Crippen LogP contribution in [-0.2, 0) is 0 Å². The lowest BCUT2D eigenvalue weighted by Crippen LogP contribution is -2.38. The molecule has 18 heavy (non-hydrogen) atoms. The molecule has 3 nitrogen and oxygen atoms in total. The van der Waals surface area contributed by atoms with E-state index in [1.54, 1.807) is 0 Å². The van der Waals surface area contributed by atoms with Gasteiger partial charge in [-0.05, 0) is 64.6 Å². The third-order valence-electron chi connectivity index (χ3n) is 4.25. The molecule has 3 N–H and O–H groups in total. The van der Waals surface area contributed by atoms with Crippen LogP contribution in [0.15, 0.2) is 0 Å². The minimum Gasteiger partial charge on any atom is -0.326 e. The van der Waals surface area contributed by atoms with Gasteiger partial charge in [0.05, 0.1) is 0 Å². The highest BCUT2D eigenvalue weighted by Gasteiger charge is 2.33. The van der Waals surface area contributed by atoms with Gasteiger partial charge in [-0.25, -0.2) is 0 Å². The van der Waals surface area contributed by atoms with Crippen LogP contribution in [0.2, 0.25) is 0 Å². The summed E-state index contributed by atoms with van der Waals surface area (Å²) in [5.74, 6) is 0.834. The van der Waals surface area contributed by atoms with Crippen LogP contribution in [0.3, 0.4) is 0 Å². The van der Waals surface area contributed by atoms with E-state index in [0.717, 1.165) is 25.4 Å². The Morgan fingerprint density at radius 3 is 2.44 bits per heavy atom. The van der Waals surface area contributed by atoms with Gasteiger partial charge in [-0.1, -0.05) is 13.8 Å². The van der Waals surface area contributed by atoms with Crippen LogP contribution >= 0.6 is 0 Å². The second kappa shape index (κ2) is 6.36. The topological polar surface area (TPSA) is 41.3 Å². The molecule has 0 aliphatic carbocycles. The minimum atomic E-state index is -0.0225. The average molecular weight is 255 g/mol. The summed E-state index contributed by atoms with van der Waals surface area (Å²) in [6.07, 6.45) is 3.61. The van der Waals surface area contributed by atoms with Gasteiger partial charge in [0.2, 0.25) is 0 Å². The summed E-state index contributed by atoms with van der Waals surface area (Å²) in [6.45, 7) is 13.7. The molecule has 1 unspecified atom stereocenters. The van der Waals surface area contributed by atoms with Crippen LogP contribution in [0.1, 0.15) is 47.0 Å². The van der Waals surface area contributed by atoms with Crippen molar-refractivity contribution in [2.75, 3.05) is 33.2 Å². The molecule has 1 saturated heterocycles. The highest BCUT2D eigenvalue weighted by molar-refractivity contribution is 4.86. The Morgan fingerprint density at radius 2 is 1.94 bits per heavy atom. The zero-order valence-corrected chi connectivity index (χ0v) is 13.1. The number of nitrogens with one attached hydrogen (secondary N) is 1. The summed E-state index contributed by atoms with van der Waals surface area (Å²) < 4.78 is 0. The van der Waals surface area contributed by atoms with Gasteiger partial charge in [-0.2, -0.15) is 0 Å². The van der Waals surface area contributed by atoms with Crippen LogP contribution in [0.25, 0.3) is 0 Å². The second-order valence-electron chi connectivity index (χ2n) is 7.51. The SMILES string of the molecule is CN1CCC(C(C)(C)CNCCCC(C)(C)N)C1. The third-order valence-corrected chi connectivity index (χ3v) is 4.25. The molecule has 1 aliphatic rings. The molecular weight excluding hydrogens is 222 g/mol. The number of rotatable bonds is 7. The van der Waals surface area contributed by atoms with Gasteiger partial charge in [0.25, 0.3) is 0 Å². The average Bonchev–Trinajstić information content (AvgIpc) is 2.63. The molecule has 1 fully saturated rings. The summed E-state index contributed by atoms with van der Waals surface area (Å²) >= 11 is 0. The van der Waals surface area contributed by atoms with Crippen molar-refractivity contribution in [1.29, 1.82) is 0 Å². The lowest BCUT2D eigenvalue weighted by molar-refractivity contribution is 0.206. The summed E-state index contributed by atoms with van der Waals surface area (Å²) in [4.78, 5) is 2.45. The van der Waals surface area contributed by atoms with Crippen LogP contribution < -0.4 is 11.1 Å². The van der Waals surface area contributed by atoms with Crippen molar-refractivity contribution in [1.82, 2.24) is 10.2 Å². The van der Waals surface area contributed by atoms with E-state index < -0.39 is 0 Å². The molecule has 0 aromatic heterocycles. The van der Waals surface area contributed by atoms with E-state index in [1.165, 1.54) is 25.9 Å². The molecule has 0 saturated carbocycles. The van der Waals surface area contributed by atoms with Gasteiger partial charge in [-0.3, -0.25) is 0 Å². The van der Waals surface area contributed by atoms with Crippen LogP contribution in [0.5, 0.6) is 0 Å². The summed E-state index contributed by atoms with van der Waals surface area (Å²) in [5, 5.41) is 3.62.